The number of methoxy groups -OCH3 is 1. The highest BCUT2D eigenvalue weighted by molar-refractivity contribution is 5.82. The standard InChI is InChI=1S/C19H22N4O5/c1-11-9-12-13(10-14(11)28-2)23(8-6-4-3-5-7-15(24)25)17-16(20-12)18(26)22-19(27)21-17/h9-10H,3-8H2,1-2H3,(H,24,25)(H,22,26,27). The van der Waals surface area contributed by atoms with Gasteiger partial charge in [0.25, 0.3) is 5.56 Å². The quantitative estimate of drug-likeness (QED) is 0.447. The van der Waals surface area contributed by atoms with Crippen LogP contribution >= 0.6 is 0 Å². The number of unbranched alkanes of at least 4 members (excludes halogenated alkanes) is 3. The van der Waals surface area contributed by atoms with Crippen molar-refractivity contribution in [2.24, 2.45) is 0 Å². The van der Waals surface area contributed by atoms with E-state index >= 15 is 0 Å². The number of nitrogens with zero attached hydrogens (tertiary/aromatic N) is 3. The average Bonchev–Trinajstić information content (AvgIpc) is 2.63. The van der Waals surface area contributed by atoms with Crippen LogP contribution in [-0.4, -0.2) is 37.7 Å². The van der Waals surface area contributed by atoms with Gasteiger partial charge in [0.05, 0.1) is 18.1 Å². The van der Waals surface area contributed by atoms with Crippen LogP contribution in [0, 0.1) is 6.92 Å². The van der Waals surface area contributed by atoms with E-state index in [4.69, 9.17) is 9.84 Å². The van der Waals surface area contributed by atoms with Crippen LogP contribution in [-0.2, 0) is 11.3 Å². The first-order valence-electron chi connectivity index (χ1n) is 9.11. The molecule has 0 amide bonds. The van der Waals surface area contributed by atoms with E-state index in [2.05, 4.69) is 15.0 Å². The van der Waals surface area contributed by atoms with Gasteiger partial charge < -0.3 is 14.4 Å². The zero-order valence-electron chi connectivity index (χ0n) is 15.8. The van der Waals surface area contributed by atoms with Crippen molar-refractivity contribution >= 4 is 17.0 Å². The van der Waals surface area contributed by atoms with Gasteiger partial charge in [-0.3, -0.25) is 14.6 Å². The predicted octanol–water partition coefficient (Wildman–Crippen LogP) is 1.94. The normalized spacial score (nSPS) is 11.2. The maximum Gasteiger partial charge on any atom is 0.349 e. The SMILES string of the molecule is COc1cc2c(cc1C)nc1c(=O)[nH]c(=O)nc-1n2CCCCCCC(=O)O. The molecule has 9 nitrogen and oxygen atoms in total. The van der Waals surface area contributed by atoms with Crippen molar-refractivity contribution in [2.45, 2.75) is 45.6 Å². The zero-order valence-corrected chi connectivity index (χ0v) is 15.8. The number of carbonyl (C=O) groups is 1. The lowest BCUT2D eigenvalue weighted by Gasteiger charge is -2.18. The Bertz CT molecular complexity index is 1100. The maximum absolute atomic E-state index is 12.2. The number of nitrogens with one attached hydrogen (secondary N) is 1. The van der Waals surface area contributed by atoms with E-state index in [1.54, 1.807) is 7.11 Å². The van der Waals surface area contributed by atoms with E-state index < -0.39 is 17.2 Å². The van der Waals surface area contributed by atoms with E-state index in [0.717, 1.165) is 30.3 Å². The Balaban J connectivity index is 2.02. The molecule has 0 saturated carbocycles. The fourth-order valence-corrected chi connectivity index (χ4v) is 3.27. The monoisotopic (exact) mass is 386 g/mol. The summed E-state index contributed by atoms with van der Waals surface area (Å²) in [5.74, 6) is 0.114. The number of rotatable bonds is 8. The number of aromatic amines is 1. The van der Waals surface area contributed by atoms with Crippen LogP contribution in [0.4, 0.5) is 0 Å². The van der Waals surface area contributed by atoms with Gasteiger partial charge in [-0.1, -0.05) is 12.8 Å². The molecule has 9 heteroatoms. The number of benzene rings is 1. The highest BCUT2D eigenvalue weighted by atomic mass is 16.5. The van der Waals surface area contributed by atoms with Crippen molar-refractivity contribution in [3.05, 3.63) is 38.5 Å². The minimum atomic E-state index is -0.797. The van der Waals surface area contributed by atoms with Gasteiger partial charge >= 0.3 is 11.7 Å². The Morgan fingerprint density at radius 2 is 1.93 bits per heavy atom. The molecular formula is C19H22N4O5. The molecule has 28 heavy (non-hydrogen) atoms. The summed E-state index contributed by atoms with van der Waals surface area (Å²) in [5, 5.41) is 8.72. The number of aliphatic carboxylic acids is 1. The van der Waals surface area contributed by atoms with Crippen LogP contribution in [0.1, 0.15) is 37.7 Å². The number of hydrogen-bond donors (Lipinski definition) is 2. The molecule has 0 aliphatic carbocycles. The summed E-state index contributed by atoms with van der Waals surface area (Å²) < 4.78 is 7.21. The van der Waals surface area contributed by atoms with E-state index in [-0.39, 0.29) is 17.9 Å². The number of carboxylic acid groups (broad SMARTS) is 1. The molecule has 2 aliphatic heterocycles. The fraction of sp³-hybridized carbons (Fsp3) is 0.421. The lowest BCUT2D eigenvalue weighted by atomic mass is 10.1. The lowest BCUT2D eigenvalue weighted by Crippen LogP contribution is -2.29. The number of hydrogen-bond acceptors (Lipinski definition) is 6. The number of aryl methyl sites for hydroxylation is 2. The average molecular weight is 386 g/mol. The molecule has 0 fully saturated rings. The number of ether oxygens (including phenoxy) is 1. The first-order valence-corrected chi connectivity index (χ1v) is 9.11. The van der Waals surface area contributed by atoms with Crippen molar-refractivity contribution < 1.29 is 14.6 Å². The summed E-state index contributed by atoms with van der Waals surface area (Å²) in [7, 11) is 1.58. The molecule has 2 aliphatic rings. The molecule has 3 rings (SSSR count). The predicted molar refractivity (Wildman–Crippen MR) is 103 cm³/mol. The van der Waals surface area contributed by atoms with Crippen LogP contribution in [0.2, 0.25) is 0 Å². The second-order valence-electron chi connectivity index (χ2n) is 6.68. The highest BCUT2D eigenvalue weighted by Crippen LogP contribution is 2.28. The topological polar surface area (TPSA) is 127 Å². The first-order chi connectivity index (χ1) is 13.4. The van der Waals surface area contributed by atoms with E-state index in [0.29, 0.717) is 24.2 Å². The third kappa shape index (κ3) is 4.03. The Labute approximate surface area is 160 Å². The minimum Gasteiger partial charge on any atom is -0.496 e. The maximum atomic E-state index is 12.2. The highest BCUT2D eigenvalue weighted by Gasteiger charge is 2.19. The zero-order chi connectivity index (χ0) is 20.3. The second kappa shape index (κ2) is 8.20. The molecule has 2 heterocycles. The van der Waals surface area contributed by atoms with Gasteiger partial charge in [-0.05, 0) is 31.4 Å². The number of aromatic nitrogens is 4. The summed E-state index contributed by atoms with van der Waals surface area (Å²) in [5.41, 5.74) is 1.04. The van der Waals surface area contributed by atoms with Gasteiger partial charge in [0, 0.05) is 19.0 Å². The van der Waals surface area contributed by atoms with Gasteiger partial charge in [0.2, 0.25) is 0 Å². The van der Waals surface area contributed by atoms with E-state index in [1.807, 2.05) is 23.6 Å². The minimum absolute atomic E-state index is 0.113. The molecule has 0 aromatic heterocycles. The lowest BCUT2D eigenvalue weighted by molar-refractivity contribution is -0.137. The Hall–Kier alpha value is -3.23. The number of carboxylic acids is 1. The molecule has 148 valence electrons. The van der Waals surface area contributed by atoms with Gasteiger partial charge in [-0.2, -0.15) is 4.98 Å². The van der Waals surface area contributed by atoms with Crippen LogP contribution < -0.4 is 16.0 Å². The van der Waals surface area contributed by atoms with Crippen molar-refractivity contribution in [3.63, 3.8) is 0 Å². The fourth-order valence-electron chi connectivity index (χ4n) is 3.27. The molecule has 0 bridgehead atoms. The summed E-state index contributed by atoms with van der Waals surface area (Å²) in [6, 6.07) is 3.66. The molecule has 1 aromatic carbocycles. The third-order valence-corrected chi connectivity index (χ3v) is 4.65. The molecule has 0 radical (unpaired) electrons. The molecule has 1 aromatic rings. The van der Waals surface area contributed by atoms with Crippen molar-refractivity contribution in [2.75, 3.05) is 7.11 Å². The van der Waals surface area contributed by atoms with Crippen LogP contribution in [0.15, 0.2) is 21.7 Å². The molecule has 0 atom stereocenters. The van der Waals surface area contributed by atoms with Crippen LogP contribution in [0.5, 0.6) is 5.75 Å². The van der Waals surface area contributed by atoms with Gasteiger partial charge in [0.15, 0.2) is 11.5 Å². The molecule has 0 spiro atoms. The van der Waals surface area contributed by atoms with E-state index in [1.165, 1.54) is 0 Å². The van der Waals surface area contributed by atoms with Gasteiger partial charge in [0.1, 0.15) is 5.75 Å². The molecule has 2 N–H and O–H groups in total. The number of H-pyrrole nitrogens is 1. The summed E-state index contributed by atoms with van der Waals surface area (Å²) in [6.45, 7) is 2.41. The molecular weight excluding hydrogens is 364 g/mol. The Morgan fingerprint density at radius 3 is 2.64 bits per heavy atom. The van der Waals surface area contributed by atoms with Crippen molar-refractivity contribution in [1.82, 2.24) is 19.5 Å². The third-order valence-electron chi connectivity index (χ3n) is 4.65. The summed E-state index contributed by atoms with van der Waals surface area (Å²) >= 11 is 0. The van der Waals surface area contributed by atoms with E-state index in [9.17, 15) is 14.4 Å². The first kappa shape index (κ1) is 19.5. The Morgan fingerprint density at radius 1 is 1.18 bits per heavy atom. The molecule has 0 unspecified atom stereocenters. The van der Waals surface area contributed by atoms with Gasteiger partial charge in [-0.25, -0.2) is 9.78 Å². The summed E-state index contributed by atoms with van der Waals surface area (Å²) in [4.78, 5) is 45.1. The smallest absolute Gasteiger partial charge is 0.349 e. The summed E-state index contributed by atoms with van der Waals surface area (Å²) in [6.07, 6.45) is 3.13. The van der Waals surface area contributed by atoms with Crippen molar-refractivity contribution in [1.29, 1.82) is 0 Å². The molecule has 0 saturated heterocycles. The Kier molecular flexibility index (Phi) is 5.72. The number of fused-ring (bicyclic) bond motifs is 2. The van der Waals surface area contributed by atoms with Crippen LogP contribution in [0.25, 0.3) is 22.6 Å². The van der Waals surface area contributed by atoms with Crippen molar-refractivity contribution in [3.8, 4) is 17.3 Å². The largest absolute Gasteiger partial charge is 0.496 e. The van der Waals surface area contributed by atoms with Gasteiger partial charge in [-0.15, -0.1) is 0 Å². The second-order valence-corrected chi connectivity index (χ2v) is 6.68. The van der Waals surface area contributed by atoms with Crippen LogP contribution in [0.3, 0.4) is 0 Å².